The topological polar surface area (TPSA) is 12.5 Å². The van der Waals surface area contributed by atoms with Gasteiger partial charge in [0, 0.05) is 0 Å². The molecule has 0 amide bonds. The largest absolute Gasteiger partial charge is 0.370 e. The third-order valence-corrected chi connectivity index (χ3v) is 1.29. The quantitative estimate of drug-likeness (QED) is 0.500. The van der Waals surface area contributed by atoms with Crippen molar-refractivity contribution in [3.63, 3.8) is 0 Å². The van der Waals surface area contributed by atoms with Gasteiger partial charge in [-0.05, 0) is 13.3 Å². The van der Waals surface area contributed by atoms with E-state index >= 15 is 0 Å². The van der Waals surface area contributed by atoms with Crippen molar-refractivity contribution in [3.05, 3.63) is 12.4 Å². The minimum atomic E-state index is 0.294. The lowest BCUT2D eigenvalue weighted by Gasteiger charge is -1.77. The van der Waals surface area contributed by atoms with Gasteiger partial charge in [0.05, 0.1) is 18.5 Å². The lowest BCUT2D eigenvalue weighted by molar-refractivity contribution is 0.379. The fourth-order valence-electron chi connectivity index (χ4n) is 0.663. The molecule has 0 aromatic rings. The maximum Gasteiger partial charge on any atom is 0.0874 e. The van der Waals surface area contributed by atoms with Gasteiger partial charge in [0.15, 0.2) is 0 Å². The molecule has 0 bridgehead atoms. The predicted octanol–water partition coefficient (Wildman–Crippen LogP) is 1.65. The molecule has 1 fully saturated rings. The van der Waals surface area contributed by atoms with Gasteiger partial charge in [-0.2, -0.15) is 0 Å². The molecule has 0 spiro atoms. The first-order valence-corrected chi connectivity index (χ1v) is 2.75. The first-order chi connectivity index (χ1) is 3.84. The molecule has 0 N–H and O–H groups in total. The Morgan fingerprint density at radius 2 is 2.38 bits per heavy atom. The van der Waals surface area contributed by atoms with Crippen LogP contribution in [0.2, 0.25) is 0 Å². The smallest absolute Gasteiger partial charge is 0.0874 e. The Morgan fingerprint density at radius 3 is 2.75 bits per heavy atom. The highest BCUT2D eigenvalue weighted by Crippen LogP contribution is 2.24. The minimum absolute atomic E-state index is 0.294. The van der Waals surface area contributed by atoms with Crippen LogP contribution in [-0.4, -0.2) is 12.2 Å². The third-order valence-electron chi connectivity index (χ3n) is 1.29. The van der Waals surface area contributed by atoms with E-state index in [1.54, 1.807) is 0 Å². The molecule has 8 heavy (non-hydrogen) atoms. The molecular formula is C6H9FO. The molecular weight excluding hydrogens is 107 g/mol. The fraction of sp³-hybridized carbons (Fsp3) is 0.667. The summed E-state index contributed by atoms with van der Waals surface area (Å²) in [5.74, 6) is 0. The van der Waals surface area contributed by atoms with Gasteiger partial charge in [-0.1, -0.05) is 6.08 Å². The number of hydrogen-bond donors (Lipinski definition) is 0. The highest BCUT2D eigenvalue weighted by atomic mass is 19.1. The summed E-state index contributed by atoms with van der Waals surface area (Å²) in [5.41, 5.74) is 0. The summed E-state index contributed by atoms with van der Waals surface area (Å²) in [7, 11) is 0. The molecule has 1 rings (SSSR count). The van der Waals surface area contributed by atoms with Crippen LogP contribution >= 0.6 is 0 Å². The predicted molar refractivity (Wildman–Crippen MR) is 29.2 cm³/mol. The Morgan fingerprint density at radius 1 is 1.75 bits per heavy atom. The zero-order chi connectivity index (χ0) is 5.98. The first kappa shape index (κ1) is 5.76. The summed E-state index contributed by atoms with van der Waals surface area (Å²) in [6.07, 6.45) is 3.41. The van der Waals surface area contributed by atoms with E-state index in [1.165, 1.54) is 6.08 Å². The van der Waals surface area contributed by atoms with Crippen LogP contribution in [0.1, 0.15) is 13.3 Å². The number of halogens is 1. The summed E-state index contributed by atoms with van der Waals surface area (Å²) < 4.78 is 16.3. The molecule has 1 saturated heterocycles. The van der Waals surface area contributed by atoms with Crippen molar-refractivity contribution >= 4 is 0 Å². The van der Waals surface area contributed by atoms with Gasteiger partial charge < -0.3 is 4.74 Å². The van der Waals surface area contributed by atoms with Gasteiger partial charge in [0.1, 0.15) is 0 Å². The SMILES string of the molecule is CC1OC1CC=CF. The van der Waals surface area contributed by atoms with Gasteiger partial charge in [-0.15, -0.1) is 0 Å². The van der Waals surface area contributed by atoms with E-state index in [0.29, 0.717) is 18.5 Å². The van der Waals surface area contributed by atoms with Crippen molar-refractivity contribution in [2.75, 3.05) is 0 Å². The fourth-order valence-corrected chi connectivity index (χ4v) is 0.663. The summed E-state index contributed by atoms with van der Waals surface area (Å²) in [4.78, 5) is 0. The Hall–Kier alpha value is -0.370. The zero-order valence-corrected chi connectivity index (χ0v) is 4.80. The molecule has 0 saturated carbocycles. The lowest BCUT2D eigenvalue weighted by Crippen LogP contribution is -1.83. The Bertz CT molecular complexity index is 101. The Kier molecular flexibility index (Phi) is 1.63. The van der Waals surface area contributed by atoms with Crippen LogP contribution < -0.4 is 0 Å². The average molecular weight is 116 g/mol. The molecule has 46 valence electrons. The molecule has 0 aromatic carbocycles. The van der Waals surface area contributed by atoms with E-state index in [2.05, 4.69) is 0 Å². The molecule has 0 aliphatic carbocycles. The van der Waals surface area contributed by atoms with Gasteiger partial charge in [-0.25, -0.2) is 4.39 Å². The van der Waals surface area contributed by atoms with Crippen molar-refractivity contribution in [1.82, 2.24) is 0 Å². The third kappa shape index (κ3) is 1.30. The Labute approximate surface area is 48.1 Å². The van der Waals surface area contributed by atoms with E-state index in [0.717, 1.165) is 6.42 Å². The number of rotatable bonds is 2. The monoisotopic (exact) mass is 116 g/mol. The van der Waals surface area contributed by atoms with E-state index in [9.17, 15) is 4.39 Å². The van der Waals surface area contributed by atoms with Crippen LogP contribution in [0.25, 0.3) is 0 Å². The molecule has 0 aromatic heterocycles. The standard InChI is InChI=1S/C6H9FO/c1-5-6(8-5)3-2-4-7/h2,4-6H,3H2,1H3. The molecule has 2 unspecified atom stereocenters. The average Bonchev–Trinajstić information content (AvgIpc) is 2.42. The van der Waals surface area contributed by atoms with Crippen molar-refractivity contribution in [1.29, 1.82) is 0 Å². The molecule has 2 heteroatoms. The van der Waals surface area contributed by atoms with Crippen LogP contribution in [-0.2, 0) is 4.74 Å². The van der Waals surface area contributed by atoms with Gasteiger partial charge in [-0.3, -0.25) is 0 Å². The van der Waals surface area contributed by atoms with Crippen LogP contribution in [0.15, 0.2) is 12.4 Å². The van der Waals surface area contributed by atoms with E-state index < -0.39 is 0 Å². The maximum absolute atomic E-state index is 11.3. The van der Waals surface area contributed by atoms with Crippen LogP contribution in [0.5, 0.6) is 0 Å². The van der Waals surface area contributed by atoms with Crippen molar-refractivity contribution in [2.45, 2.75) is 25.6 Å². The van der Waals surface area contributed by atoms with Crippen molar-refractivity contribution in [3.8, 4) is 0 Å². The first-order valence-electron chi connectivity index (χ1n) is 2.75. The summed E-state index contributed by atoms with van der Waals surface area (Å²) >= 11 is 0. The molecule has 2 atom stereocenters. The number of epoxide rings is 1. The van der Waals surface area contributed by atoms with Gasteiger partial charge in [0.2, 0.25) is 0 Å². The van der Waals surface area contributed by atoms with Crippen molar-refractivity contribution in [2.24, 2.45) is 0 Å². The number of hydrogen-bond acceptors (Lipinski definition) is 1. The normalized spacial score (nSPS) is 36.2. The summed E-state index contributed by atoms with van der Waals surface area (Å²) in [6, 6.07) is 0. The minimum Gasteiger partial charge on any atom is -0.370 e. The molecule has 1 aliphatic heterocycles. The van der Waals surface area contributed by atoms with E-state index in [-0.39, 0.29) is 0 Å². The second-order valence-corrected chi connectivity index (χ2v) is 1.98. The van der Waals surface area contributed by atoms with E-state index in [4.69, 9.17) is 4.74 Å². The van der Waals surface area contributed by atoms with E-state index in [1.807, 2.05) is 6.92 Å². The van der Waals surface area contributed by atoms with Crippen LogP contribution in [0.3, 0.4) is 0 Å². The Balaban J connectivity index is 2.05. The highest BCUT2D eigenvalue weighted by molar-refractivity contribution is 4.88. The maximum atomic E-state index is 11.3. The molecule has 1 nitrogen and oxygen atoms in total. The highest BCUT2D eigenvalue weighted by Gasteiger charge is 2.32. The zero-order valence-electron chi connectivity index (χ0n) is 4.80. The molecule has 0 radical (unpaired) electrons. The second-order valence-electron chi connectivity index (χ2n) is 1.98. The van der Waals surface area contributed by atoms with Crippen LogP contribution in [0.4, 0.5) is 4.39 Å². The summed E-state index contributed by atoms with van der Waals surface area (Å²) in [5, 5.41) is 0. The van der Waals surface area contributed by atoms with Crippen LogP contribution in [0, 0.1) is 0 Å². The lowest BCUT2D eigenvalue weighted by atomic mass is 10.2. The number of ether oxygens (including phenoxy) is 1. The van der Waals surface area contributed by atoms with Gasteiger partial charge in [0.25, 0.3) is 0 Å². The van der Waals surface area contributed by atoms with Gasteiger partial charge >= 0.3 is 0 Å². The second kappa shape index (κ2) is 2.27. The summed E-state index contributed by atoms with van der Waals surface area (Å²) in [6.45, 7) is 1.98. The molecule has 1 aliphatic rings. The molecule has 1 heterocycles. The van der Waals surface area contributed by atoms with Crippen molar-refractivity contribution < 1.29 is 9.13 Å².